The number of thiazole rings is 1. The Hall–Kier alpha value is -1.14. The maximum Gasteiger partial charge on any atom is 0.223 e. The lowest BCUT2D eigenvalue weighted by Crippen LogP contribution is -2.52. The Morgan fingerprint density at radius 1 is 1.15 bits per heavy atom. The standard InChI is InChI=1S/C21H30N4OS/c26-18(9-14-3-1-2-4-14)24-12-17-19(21(13-24)7-8-21)23-20(27-17)25-15-5-6-16(25)11-22-10-15/h14-16,22H,1-13H2. The Balaban J connectivity index is 1.25. The highest BCUT2D eigenvalue weighted by molar-refractivity contribution is 7.15. The zero-order valence-corrected chi connectivity index (χ0v) is 16.9. The molecule has 2 atom stereocenters. The first-order valence-electron chi connectivity index (χ1n) is 11.0. The van der Waals surface area contributed by atoms with Crippen LogP contribution < -0.4 is 10.2 Å². The Kier molecular flexibility index (Phi) is 3.84. The van der Waals surface area contributed by atoms with Gasteiger partial charge < -0.3 is 15.1 Å². The number of carbonyl (C=O) groups excluding carboxylic acids is 1. The third-order valence-electron chi connectivity index (χ3n) is 7.76. The van der Waals surface area contributed by atoms with Gasteiger partial charge in [0.2, 0.25) is 5.91 Å². The quantitative estimate of drug-likeness (QED) is 0.867. The van der Waals surface area contributed by atoms with Gasteiger partial charge in [-0.15, -0.1) is 0 Å². The molecular weight excluding hydrogens is 356 g/mol. The summed E-state index contributed by atoms with van der Waals surface area (Å²) in [7, 11) is 0. The molecule has 1 aromatic heterocycles. The van der Waals surface area contributed by atoms with Gasteiger partial charge in [0, 0.05) is 48.4 Å². The minimum Gasteiger partial charge on any atom is -0.340 e. The number of carbonyl (C=O) groups is 1. The molecule has 5 aliphatic rings. The highest BCUT2D eigenvalue weighted by atomic mass is 32.1. The second kappa shape index (κ2) is 6.18. The molecule has 1 spiro atoms. The lowest BCUT2D eigenvalue weighted by molar-refractivity contribution is -0.133. The van der Waals surface area contributed by atoms with Crippen LogP contribution in [0, 0.1) is 5.92 Å². The Labute approximate surface area is 165 Å². The summed E-state index contributed by atoms with van der Waals surface area (Å²) in [5, 5.41) is 4.82. The van der Waals surface area contributed by atoms with E-state index in [0.717, 1.165) is 32.6 Å². The predicted molar refractivity (Wildman–Crippen MR) is 107 cm³/mol. The number of nitrogens with one attached hydrogen (secondary N) is 1. The van der Waals surface area contributed by atoms with E-state index < -0.39 is 0 Å². The lowest BCUT2D eigenvalue weighted by atomic mass is 9.95. The van der Waals surface area contributed by atoms with Gasteiger partial charge in [-0.25, -0.2) is 4.98 Å². The highest BCUT2D eigenvalue weighted by Gasteiger charge is 2.53. The molecule has 1 N–H and O–H groups in total. The number of fused-ring (bicyclic) bond motifs is 4. The van der Waals surface area contributed by atoms with Crippen molar-refractivity contribution in [1.29, 1.82) is 0 Å². The molecule has 1 amide bonds. The van der Waals surface area contributed by atoms with Gasteiger partial charge in [-0.05, 0) is 44.4 Å². The van der Waals surface area contributed by atoms with Crippen molar-refractivity contribution >= 4 is 22.4 Å². The first-order chi connectivity index (χ1) is 13.2. The maximum atomic E-state index is 13.0. The third kappa shape index (κ3) is 2.74. The first kappa shape index (κ1) is 16.8. The summed E-state index contributed by atoms with van der Waals surface area (Å²) < 4.78 is 0. The molecule has 3 aliphatic heterocycles. The summed E-state index contributed by atoms with van der Waals surface area (Å²) in [6.07, 6.45) is 10.9. The molecule has 27 heavy (non-hydrogen) atoms. The molecular formula is C21H30N4OS. The summed E-state index contributed by atoms with van der Waals surface area (Å²) in [5.41, 5.74) is 1.55. The molecule has 5 nitrogen and oxygen atoms in total. The second-order valence-electron chi connectivity index (χ2n) is 9.60. The maximum absolute atomic E-state index is 13.0. The van der Waals surface area contributed by atoms with Crippen LogP contribution in [0.5, 0.6) is 0 Å². The van der Waals surface area contributed by atoms with Gasteiger partial charge in [0.25, 0.3) is 0 Å². The van der Waals surface area contributed by atoms with Gasteiger partial charge in [0.05, 0.1) is 12.2 Å². The van der Waals surface area contributed by atoms with E-state index in [-0.39, 0.29) is 5.41 Å². The molecule has 6 rings (SSSR count). The van der Waals surface area contributed by atoms with E-state index in [4.69, 9.17) is 4.98 Å². The number of nitrogens with zero attached hydrogens (tertiary/aromatic N) is 3. The molecule has 4 heterocycles. The van der Waals surface area contributed by atoms with Crippen molar-refractivity contribution < 1.29 is 4.79 Å². The summed E-state index contributed by atoms with van der Waals surface area (Å²) in [6.45, 7) is 3.92. The van der Waals surface area contributed by atoms with Gasteiger partial charge in [0.1, 0.15) is 0 Å². The molecule has 2 unspecified atom stereocenters. The average molecular weight is 387 g/mol. The highest BCUT2D eigenvalue weighted by Crippen LogP contribution is 2.54. The minimum atomic E-state index is 0.195. The molecule has 2 saturated carbocycles. The fourth-order valence-corrected chi connectivity index (χ4v) is 7.38. The zero-order chi connectivity index (χ0) is 18.0. The lowest BCUT2D eigenvalue weighted by Gasteiger charge is -2.35. The monoisotopic (exact) mass is 386 g/mol. The molecule has 4 fully saturated rings. The van der Waals surface area contributed by atoms with Gasteiger partial charge in [-0.1, -0.05) is 24.2 Å². The van der Waals surface area contributed by atoms with Gasteiger partial charge in [-0.2, -0.15) is 0 Å². The normalized spacial score (nSPS) is 31.6. The summed E-state index contributed by atoms with van der Waals surface area (Å²) in [6, 6.07) is 1.23. The summed E-state index contributed by atoms with van der Waals surface area (Å²) in [4.78, 5) is 24.4. The van der Waals surface area contributed by atoms with E-state index in [9.17, 15) is 4.79 Å². The molecule has 0 radical (unpaired) electrons. The number of piperazine rings is 1. The number of hydrogen-bond acceptors (Lipinski definition) is 5. The van der Waals surface area contributed by atoms with E-state index in [1.807, 2.05) is 11.3 Å². The van der Waals surface area contributed by atoms with E-state index in [1.54, 1.807) is 0 Å². The van der Waals surface area contributed by atoms with Crippen LogP contribution in [0.1, 0.15) is 68.4 Å². The number of anilines is 1. The number of amides is 1. The molecule has 0 aromatic carbocycles. The second-order valence-corrected chi connectivity index (χ2v) is 10.7. The van der Waals surface area contributed by atoms with Crippen LogP contribution in [0.3, 0.4) is 0 Å². The number of aromatic nitrogens is 1. The third-order valence-corrected chi connectivity index (χ3v) is 8.81. The number of rotatable bonds is 3. The minimum absolute atomic E-state index is 0.195. The molecule has 2 bridgehead atoms. The fourth-order valence-electron chi connectivity index (χ4n) is 6.04. The Morgan fingerprint density at radius 2 is 1.89 bits per heavy atom. The molecule has 2 saturated heterocycles. The zero-order valence-electron chi connectivity index (χ0n) is 16.1. The van der Waals surface area contributed by atoms with Crippen molar-refractivity contribution in [2.24, 2.45) is 5.92 Å². The SMILES string of the molecule is O=C(CC1CCCC1)N1Cc2sc(N3C4CCC3CNC4)nc2C2(CC2)C1. The van der Waals surface area contributed by atoms with E-state index >= 15 is 0 Å². The van der Waals surface area contributed by atoms with E-state index in [2.05, 4.69) is 15.1 Å². The van der Waals surface area contributed by atoms with Gasteiger partial charge in [-0.3, -0.25) is 4.79 Å². The summed E-state index contributed by atoms with van der Waals surface area (Å²) >= 11 is 1.89. The molecule has 146 valence electrons. The summed E-state index contributed by atoms with van der Waals surface area (Å²) in [5.74, 6) is 1.04. The fraction of sp³-hybridized carbons (Fsp3) is 0.810. The van der Waals surface area contributed by atoms with E-state index in [1.165, 1.54) is 67.1 Å². The molecule has 2 aliphatic carbocycles. The van der Waals surface area contributed by atoms with Gasteiger partial charge in [0.15, 0.2) is 5.13 Å². The van der Waals surface area contributed by atoms with E-state index in [0.29, 0.717) is 23.9 Å². The van der Waals surface area contributed by atoms with Crippen molar-refractivity contribution in [3.63, 3.8) is 0 Å². The number of hydrogen-bond donors (Lipinski definition) is 1. The van der Waals surface area contributed by atoms with Crippen molar-refractivity contribution in [3.05, 3.63) is 10.6 Å². The van der Waals surface area contributed by atoms with Crippen molar-refractivity contribution in [2.45, 2.75) is 81.8 Å². The van der Waals surface area contributed by atoms with Crippen LogP contribution in [-0.4, -0.2) is 47.5 Å². The average Bonchev–Trinajstić information content (AvgIpc) is 2.99. The first-order valence-corrected chi connectivity index (χ1v) is 11.8. The van der Waals surface area contributed by atoms with Crippen molar-refractivity contribution in [1.82, 2.24) is 15.2 Å². The van der Waals surface area contributed by atoms with Crippen LogP contribution in [-0.2, 0) is 16.8 Å². The van der Waals surface area contributed by atoms with Crippen molar-refractivity contribution in [3.8, 4) is 0 Å². The Bertz CT molecular complexity index is 735. The largest absolute Gasteiger partial charge is 0.340 e. The van der Waals surface area contributed by atoms with Crippen LogP contribution in [0.2, 0.25) is 0 Å². The smallest absolute Gasteiger partial charge is 0.223 e. The van der Waals surface area contributed by atoms with Crippen LogP contribution in [0.15, 0.2) is 0 Å². The predicted octanol–water partition coefficient (Wildman–Crippen LogP) is 3.04. The van der Waals surface area contributed by atoms with Crippen LogP contribution >= 0.6 is 11.3 Å². The molecule has 1 aromatic rings. The van der Waals surface area contributed by atoms with Crippen LogP contribution in [0.4, 0.5) is 5.13 Å². The molecule has 6 heteroatoms. The Morgan fingerprint density at radius 3 is 2.59 bits per heavy atom. The topological polar surface area (TPSA) is 48.5 Å². The van der Waals surface area contributed by atoms with Crippen molar-refractivity contribution in [2.75, 3.05) is 24.5 Å². The van der Waals surface area contributed by atoms with Gasteiger partial charge >= 0.3 is 0 Å². The van der Waals surface area contributed by atoms with Crippen LogP contribution in [0.25, 0.3) is 0 Å².